The Labute approximate surface area is 169 Å². The van der Waals surface area contributed by atoms with Gasteiger partial charge in [-0.3, -0.25) is 9.89 Å². The lowest BCUT2D eigenvalue weighted by Crippen LogP contribution is -2.26. The largest absolute Gasteiger partial charge is 0.427 e. The van der Waals surface area contributed by atoms with Crippen molar-refractivity contribution in [2.45, 2.75) is 39.5 Å². The molecule has 0 unspecified atom stereocenters. The van der Waals surface area contributed by atoms with E-state index in [1.54, 1.807) is 18.2 Å². The predicted octanol–water partition coefficient (Wildman–Crippen LogP) is 3.92. The number of nitriles is 1. The molecular weight excluding hydrogens is 366 g/mol. The molecule has 0 fully saturated rings. The highest BCUT2D eigenvalue weighted by atomic mass is 16.5. The standard InChI is InChI=1S/C22H25N5O2/c1-22(2)8-6-16-19(12-22)25-26-21(16)18-10-14-4-5-15(11-17(14)24-18)27(3)20(28)7-9-29-13-23/h4-5,10-11,24H,6-9,12H2,1-3H3,(H,25,26). The molecule has 7 nitrogen and oxygen atoms in total. The quantitative estimate of drug-likeness (QED) is 0.509. The van der Waals surface area contributed by atoms with Crippen molar-refractivity contribution in [2.24, 2.45) is 5.41 Å². The summed E-state index contributed by atoms with van der Waals surface area (Å²) in [5, 5.41) is 17.3. The molecule has 0 saturated carbocycles. The Morgan fingerprint density at radius 1 is 1.38 bits per heavy atom. The molecule has 3 aromatic rings. The van der Waals surface area contributed by atoms with E-state index in [-0.39, 0.29) is 18.9 Å². The van der Waals surface area contributed by atoms with Crippen LogP contribution in [0.1, 0.15) is 37.9 Å². The van der Waals surface area contributed by atoms with Crippen molar-refractivity contribution >= 4 is 22.5 Å². The van der Waals surface area contributed by atoms with Crippen LogP contribution in [-0.2, 0) is 22.4 Å². The van der Waals surface area contributed by atoms with Crippen molar-refractivity contribution < 1.29 is 9.53 Å². The second kappa shape index (κ2) is 7.28. The van der Waals surface area contributed by atoms with E-state index in [4.69, 9.17) is 5.26 Å². The Morgan fingerprint density at radius 3 is 3.00 bits per heavy atom. The van der Waals surface area contributed by atoms with E-state index in [0.717, 1.165) is 47.2 Å². The Morgan fingerprint density at radius 2 is 2.21 bits per heavy atom. The molecule has 1 aromatic carbocycles. The number of aromatic nitrogens is 3. The average Bonchev–Trinajstić information content (AvgIpc) is 3.29. The molecule has 1 amide bonds. The maximum atomic E-state index is 12.3. The number of fused-ring (bicyclic) bond motifs is 2. The number of ether oxygens (including phenoxy) is 1. The Balaban J connectivity index is 1.59. The number of nitrogens with zero attached hydrogens (tertiary/aromatic N) is 3. The van der Waals surface area contributed by atoms with Gasteiger partial charge in [0.25, 0.3) is 6.26 Å². The molecule has 0 bridgehead atoms. The Kier molecular flexibility index (Phi) is 4.79. The molecule has 0 aliphatic heterocycles. The van der Waals surface area contributed by atoms with Crippen molar-refractivity contribution in [3.63, 3.8) is 0 Å². The van der Waals surface area contributed by atoms with Gasteiger partial charge in [-0.15, -0.1) is 0 Å². The highest BCUT2D eigenvalue weighted by molar-refractivity contribution is 5.96. The summed E-state index contributed by atoms with van der Waals surface area (Å²) >= 11 is 0. The number of hydrogen-bond acceptors (Lipinski definition) is 4. The minimum atomic E-state index is -0.102. The van der Waals surface area contributed by atoms with Crippen LogP contribution in [0.25, 0.3) is 22.3 Å². The zero-order valence-electron chi connectivity index (χ0n) is 17.0. The van der Waals surface area contributed by atoms with Gasteiger partial charge in [-0.05, 0) is 42.9 Å². The lowest BCUT2D eigenvalue weighted by molar-refractivity contribution is -0.118. The van der Waals surface area contributed by atoms with Gasteiger partial charge in [0.15, 0.2) is 0 Å². The van der Waals surface area contributed by atoms with Crippen molar-refractivity contribution in [2.75, 3.05) is 18.6 Å². The summed E-state index contributed by atoms with van der Waals surface area (Å²) in [7, 11) is 1.73. The van der Waals surface area contributed by atoms with Crippen LogP contribution in [0.2, 0.25) is 0 Å². The van der Waals surface area contributed by atoms with Gasteiger partial charge in [0.1, 0.15) is 12.3 Å². The Hall–Kier alpha value is -3.27. The van der Waals surface area contributed by atoms with E-state index in [0.29, 0.717) is 5.41 Å². The molecule has 150 valence electrons. The van der Waals surface area contributed by atoms with Crippen molar-refractivity contribution in [1.82, 2.24) is 15.2 Å². The molecule has 0 spiro atoms. The van der Waals surface area contributed by atoms with Crippen LogP contribution in [0.5, 0.6) is 0 Å². The third kappa shape index (κ3) is 3.70. The molecule has 29 heavy (non-hydrogen) atoms. The van der Waals surface area contributed by atoms with E-state index >= 15 is 0 Å². The van der Waals surface area contributed by atoms with Gasteiger partial charge in [-0.1, -0.05) is 19.9 Å². The van der Waals surface area contributed by atoms with Gasteiger partial charge in [0.05, 0.1) is 12.1 Å². The van der Waals surface area contributed by atoms with E-state index in [1.807, 2.05) is 18.2 Å². The predicted molar refractivity (Wildman–Crippen MR) is 111 cm³/mol. The summed E-state index contributed by atoms with van der Waals surface area (Å²) in [6, 6.07) is 8.00. The third-order valence-corrected chi connectivity index (χ3v) is 5.77. The van der Waals surface area contributed by atoms with Crippen LogP contribution >= 0.6 is 0 Å². The minimum absolute atomic E-state index is 0.0929. The zero-order valence-corrected chi connectivity index (χ0v) is 17.0. The molecular formula is C22H25N5O2. The number of carbonyl (C=O) groups is 1. The zero-order chi connectivity index (χ0) is 20.6. The fourth-order valence-corrected chi connectivity index (χ4v) is 4.02. The van der Waals surface area contributed by atoms with E-state index in [9.17, 15) is 4.79 Å². The van der Waals surface area contributed by atoms with Gasteiger partial charge in [-0.2, -0.15) is 10.4 Å². The number of anilines is 1. The molecule has 1 aliphatic rings. The molecule has 2 N–H and O–H groups in total. The fourth-order valence-electron chi connectivity index (χ4n) is 4.02. The maximum absolute atomic E-state index is 12.3. The first-order valence-corrected chi connectivity index (χ1v) is 9.85. The molecule has 0 saturated heterocycles. The first-order valence-electron chi connectivity index (χ1n) is 9.85. The lowest BCUT2D eigenvalue weighted by atomic mass is 9.76. The highest BCUT2D eigenvalue weighted by Gasteiger charge is 2.29. The summed E-state index contributed by atoms with van der Waals surface area (Å²) in [6.45, 7) is 4.69. The van der Waals surface area contributed by atoms with E-state index < -0.39 is 0 Å². The number of carbonyl (C=O) groups excluding carboxylic acids is 1. The minimum Gasteiger partial charge on any atom is -0.427 e. The van der Waals surface area contributed by atoms with Crippen LogP contribution in [0.4, 0.5) is 5.69 Å². The van der Waals surface area contributed by atoms with Crippen molar-refractivity contribution in [3.05, 3.63) is 35.5 Å². The summed E-state index contributed by atoms with van der Waals surface area (Å²) in [6.07, 6.45) is 4.94. The topological polar surface area (TPSA) is 97.8 Å². The normalized spacial score (nSPS) is 15.0. The molecule has 4 rings (SSSR count). The molecule has 2 heterocycles. The molecule has 0 atom stereocenters. The van der Waals surface area contributed by atoms with Crippen LogP contribution in [0.15, 0.2) is 24.3 Å². The first kappa shape index (κ1) is 19.1. The lowest BCUT2D eigenvalue weighted by Gasteiger charge is -2.28. The maximum Gasteiger partial charge on any atom is 0.286 e. The van der Waals surface area contributed by atoms with Gasteiger partial charge >= 0.3 is 0 Å². The third-order valence-electron chi connectivity index (χ3n) is 5.77. The number of hydrogen-bond donors (Lipinski definition) is 2. The van der Waals surface area contributed by atoms with E-state index in [1.165, 1.54) is 11.3 Å². The number of amides is 1. The van der Waals surface area contributed by atoms with Crippen molar-refractivity contribution in [3.8, 4) is 17.6 Å². The SMILES string of the molecule is CN(C(=O)CCOC#N)c1ccc2cc(-c3n[nH]c4c3CCC(C)(C)C4)[nH]c2c1. The molecule has 1 aliphatic carbocycles. The molecule has 7 heteroatoms. The van der Waals surface area contributed by atoms with E-state index in [2.05, 4.69) is 39.8 Å². The van der Waals surface area contributed by atoms with Gasteiger partial charge in [0.2, 0.25) is 5.91 Å². The number of aromatic amines is 2. The summed E-state index contributed by atoms with van der Waals surface area (Å²) < 4.78 is 4.61. The van der Waals surface area contributed by atoms with Gasteiger partial charge < -0.3 is 14.6 Å². The van der Waals surface area contributed by atoms with Gasteiger partial charge in [-0.25, -0.2) is 0 Å². The van der Waals surface area contributed by atoms with Crippen molar-refractivity contribution in [1.29, 1.82) is 5.26 Å². The summed E-state index contributed by atoms with van der Waals surface area (Å²) in [4.78, 5) is 17.3. The Bertz CT molecular complexity index is 1100. The smallest absolute Gasteiger partial charge is 0.286 e. The summed E-state index contributed by atoms with van der Waals surface area (Å²) in [5.41, 5.74) is 6.58. The van der Waals surface area contributed by atoms with Crippen LogP contribution in [0, 0.1) is 16.9 Å². The first-order chi connectivity index (χ1) is 13.9. The second-order valence-corrected chi connectivity index (χ2v) is 8.47. The number of rotatable bonds is 5. The van der Waals surface area contributed by atoms with Crippen LogP contribution in [-0.4, -0.2) is 34.7 Å². The molecule has 0 radical (unpaired) electrons. The second-order valence-electron chi connectivity index (χ2n) is 8.47. The average molecular weight is 391 g/mol. The monoisotopic (exact) mass is 391 g/mol. The van der Waals surface area contributed by atoms with Crippen LogP contribution < -0.4 is 4.90 Å². The fraction of sp³-hybridized carbons (Fsp3) is 0.409. The summed E-state index contributed by atoms with van der Waals surface area (Å²) in [5.74, 6) is -0.102. The number of H-pyrrole nitrogens is 2. The molecule has 2 aromatic heterocycles. The number of nitrogens with one attached hydrogen (secondary N) is 2. The highest BCUT2D eigenvalue weighted by Crippen LogP contribution is 2.38. The number of benzene rings is 1. The van der Waals surface area contributed by atoms with Gasteiger partial charge in [0, 0.05) is 34.9 Å². The van der Waals surface area contributed by atoms with Crippen LogP contribution in [0.3, 0.4) is 0 Å².